The highest BCUT2D eigenvalue weighted by atomic mass is 35.5. The SMILES string of the molecule is CC(=O)NCC1CN(c2ccc(-c3ccc(Cn4nnnc4Cl)cc3)c(F)c2)C(=O)O1. The molecule has 2 amide bonds. The van der Waals surface area contributed by atoms with Crippen LogP contribution in [0.4, 0.5) is 14.9 Å². The van der Waals surface area contributed by atoms with E-state index in [9.17, 15) is 14.0 Å². The van der Waals surface area contributed by atoms with Gasteiger partial charge in [-0.25, -0.2) is 13.9 Å². The summed E-state index contributed by atoms with van der Waals surface area (Å²) in [7, 11) is 0. The summed E-state index contributed by atoms with van der Waals surface area (Å²) in [4.78, 5) is 24.5. The summed E-state index contributed by atoms with van der Waals surface area (Å²) in [6.45, 7) is 2.22. The smallest absolute Gasteiger partial charge is 0.414 e. The van der Waals surface area contributed by atoms with Crippen molar-refractivity contribution in [3.8, 4) is 11.1 Å². The Hall–Kier alpha value is -3.53. The Morgan fingerprint density at radius 3 is 2.71 bits per heavy atom. The second-order valence-electron chi connectivity index (χ2n) is 7.02. The predicted octanol–water partition coefficient (Wildman–Crippen LogP) is 2.64. The van der Waals surface area contributed by atoms with Crippen LogP contribution in [0.1, 0.15) is 12.5 Å². The van der Waals surface area contributed by atoms with Gasteiger partial charge in [-0.15, -0.1) is 0 Å². The number of nitrogens with zero attached hydrogens (tertiary/aromatic N) is 5. The molecule has 9 nitrogen and oxygen atoms in total. The Kier molecular flexibility index (Phi) is 5.81. The van der Waals surface area contributed by atoms with Crippen molar-refractivity contribution in [2.75, 3.05) is 18.0 Å². The summed E-state index contributed by atoms with van der Waals surface area (Å²) < 4.78 is 21.5. The first-order valence-corrected chi connectivity index (χ1v) is 9.81. The highest BCUT2D eigenvalue weighted by Gasteiger charge is 2.32. The van der Waals surface area contributed by atoms with Crippen LogP contribution in [0.25, 0.3) is 11.1 Å². The first-order chi connectivity index (χ1) is 14.9. The molecule has 1 aromatic heterocycles. The zero-order chi connectivity index (χ0) is 22.0. The normalized spacial score (nSPS) is 15.8. The molecule has 0 bridgehead atoms. The molecule has 160 valence electrons. The second kappa shape index (κ2) is 8.68. The minimum absolute atomic E-state index is 0.186. The van der Waals surface area contributed by atoms with Gasteiger partial charge >= 0.3 is 6.09 Å². The third-order valence-corrected chi connectivity index (χ3v) is 5.07. The Morgan fingerprint density at radius 1 is 1.29 bits per heavy atom. The van der Waals surface area contributed by atoms with Crippen LogP contribution in [-0.2, 0) is 16.1 Å². The van der Waals surface area contributed by atoms with Gasteiger partial charge in [-0.3, -0.25) is 9.69 Å². The molecule has 1 aliphatic rings. The number of anilines is 1. The number of nitrogens with one attached hydrogen (secondary N) is 1. The number of benzene rings is 2. The molecule has 3 aromatic rings. The van der Waals surface area contributed by atoms with E-state index in [2.05, 4.69) is 20.8 Å². The molecule has 11 heteroatoms. The number of halogens is 2. The van der Waals surface area contributed by atoms with Crippen LogP contribution < -0.4 is 10.2 Å². The lowest BCUT2D eigenvalue weighted by Crippen LogP contribution is -2.33. The molecule has 0 saturated carbocycles. The number of hydrogen-bond acceptors (Lipinski definition) is 6. The molecular weight excluding hydrogens is 427 g/mol. The molecule has 1 saturated heterocycles. The summed E-state index contributed by atoms with van der Waals surface area (Å²) in [5.74, 6) is -0.677. The number of tetrazole rings is 1. The van der Waals surface area contributed by atoms with Gasteiger partial charge in [-0.05, 0) is 51.4 Å². The van der Waals surface area contributed by atoms with E-state index in [1.807, 2.05) is 12.1 Å². The van der Waals surface area contributed by atoms with Gasteiger partial charge in [0.05, 0.1) is 25.3 Å². The lowest BCUT2D eigenvalue weighted by Gasteiger charge is -2.14. The van der Waals surface area contributed by atoms with E-state index in [0.717, 1.165) is 5.56 Å². The molecule has 2 heterocycles. The predicted molar refractivity (Wildman–Crippen MR) is 110 cm³/mol. The van der Waals surface area contributed by atoms with Crippen LogP contribution in [0.3, 0.4) is 0 Å². The zero-order valence-electron chi connectivity index (χ0n) is 16.5. The monoisotopic (exact) mass is 444 g/mol. The third kappa shape index (κ3) is 4.64. The maximum Gasteiger partial charge on any atom is 0.414 e. The quantitative estimate of drug-likeness (QED) is 0.627. The first-order valence-electron chi connectivity index (χ1n) is 9.44. The Labute approximate surface area is 181 Å². The molecule has 0 radical (unpaired) electrons. The highest BCUT2D eigenvalue weighted by Crippen LogP contribution is 2.29. The van der Waals surface area contributed by atoms with Crippen molar-refractivity contribution in [1.82, 2.24) is 25.5 Å². The van der Waals surface area contributed by atoms with E-state index in [0.29, 0.717) is 23.4 Å². The molecule has 1 aliphatic heterocycles. The maximum atomic E-state index is 14.8. The van der Waals surface area contributed by atoms with Crippen molar-refractivity contribution in [3.05, 3.63) is 59.1 Å². The molecule has 0 aliphatic carbocycles. The average Bonchev–Trinajstić information content (AvgIpc) is 3.32. The van der Waals surface area contributed by atoms with Crippen LogP contribution >= 0.6 is 11.6 Å². The Morgan fingerprint density at radius 2 is 2.06 bits per heavy atom. The number of carbonyl (C=O) groups is 2. The molecule has 1 unspecified atom stereocenters. The van der Waals surface area contributed by atoms with Crippen molar-refractivity contribution < 1.29 is 18.7 Å². The van der Waals surface area contributed by atoms with Crippen molar-refractivity contribution in [1.29, 1.82) is 0 Å². The topological polar surface area (TPSA) is 102 Å². The van der Waals surface area contributed by atoms with Crippen molar-refractivity contribution in [3.63, 3.8) is 0 Å². The molecule has 0 spiro atoms. The summed E-state index contributed by atoms with van der Waals surface area (Å²) >= 11 is 5.88. The van der Waals surface area contributed by atoms with E-state index in [1.165, 1.54) is 22.6 Å². The molecule has 4 rings (SSSR count). The van der Waals surface area contributed by atoms with E-state index in [4.69, 9.17) is 16.3 Å². The van der Waals surface area contributed by atoms with Gasteiger partial charge in [0.1, 0.15) is 11.9 Å². The van der Waals surface area contributed by atoms with Crippen LogP contribution in [-0.4, -0.2) is 51.4 Å². The minimum Gasteiger partial charge on any atom is -0.442 e. The Balaban J connectivity index is 1.47. The van der Waals surface area contributed by atoms with Crippen molar-refractivity contribution in [2.24, 2.45) is 0 Å². The van der Waals surface area contributed by atoms with Crippen LogP contribution in [0, 0.1) is 5.82 Å². The fourth-order valence-corrected chi connectivity index (χ4v) is 3.38. The van der Waals surface area contributed by atoms with Gasteiger partial charge in [0.15, 0.2) is 0 Å². The van der Waals surface area contributed by atoms with Crippen LogP contribution in [0.15, 0.2) is 42.5 Å². The number of aromatic nitrogens is 4. The molecular formula is C20H18ClFN6O3. The van der Waals surface area contributed by atoms with Crippen LogP contribution in [0.2, 0.25) is 5.28 Å². The van der Waals surface area contributed by atoms with Crippen molar-refractivity contribution >= 4 is 29.3 Å². The summed E-state index contributed by atoms with van der Waals surface area (Å²) in [5.41, 5.74) is 2.38. The maximum absolute atomic E-state index is 14.8. The van der Waals surface area contributed by atoms with Gasteiger partial charge in [-0.1, -0.05) is 29.4 Å². The van der Waals surface area contributed by atoms with E-state index in [1.54, 1.807) is 24.3 Å². The largest absolute Gasteiger partial charge is 0.442 e. The number of amides is 2. The number of cyclic esters (lactones) is 1. The number of carbonyl (C=O) groups excluding carboxylic acids is 2. The molecule has 1 atom stereocenters. The fourth-order valence-electron chi connectivity index (χ4n) is 3.26. The molecule has 1 N–H and O–H groups in total. The average molecular weight is 445 g/mol. The Bertz CT molecular complexity index is 1120. The van der Waals surface area contributed by atoms with Gasteiger partial charge in [-0.2, -0.15) is 0 Å². The molecule has 31 heavy (non-hydrogen) atoms. The van der Waals surface area contributed by atoms with Gasteiger partial charge in [0.25, 0.3) is 0 Å². The van der Waals surface area contributed by atoms with Gasteiger partial charge in [0, 0.05) is 12.5 Å². The van der Waals surface area contributed by atoms with Gasteiger partial charge in [0.2, 0.25) is 11.2 Å². The van der Waals surface area contributed by atoms with E-state index < -0.39 is 18.0 Å². The lowest BCUT2D eigenvalue weighted by molar-refractivity contribution is -0.119. The standard InChI is InChI=1S/C20H18ClFN6O3/c1-12(29)23-9-16-11-27(20(30)31-16)15-6-7-17(18(22)8-15)14-4-2-13(3-5-14)10-28-19(21)24-25-26-28/h2-8,16H,9-11H2,1H3,(H,23,29). The van der Waals surface area contributed by atoms with E-state index in [-0.39, 0.29) is 24.3 Å². The summed E-state index contributed by atoms with van der Waals surface area (Å²) in [6.07, 6.45) is -1.06. The molecule has 1 fully saturated rings. The van der Waals surface area contributed by atoms with Crippen LogP contribution in [0.5, 0.6) is 0 Å². The minimum atomic E-state index is -0.576. The van der Waals surface area contributed by atoms with E-state index >= 15 is 0 Å². The molecule has 2 aromatic carbocycles. The fraction of sp³-hybridized carbons (Fsp3) is 0.250. The zero-order valence-corrected chi connectivity index (χ0v) is 17.2. The van der Waals surface area contributed by atoms with Crippen molar-refractivity contribution in [2.45, 2.75) is 19.6 Å². The number of hydrogen-bond donors (Lipinski definition) is 1. The number of ether oxygens (including phenoxy) is 1. The lowest BCUT2D eigenvalue weighted by atomic mass is 10.0. The second-order valence-corrected chi connectivity index (χ2v) is 7.36. The van der Waals surface area contributed by atoms with Gasteiger partial charge < -0.3 is 10.1 Å². The first kappa shape index (κ1) is 20.7. The third-order valence-electron chi connectivity index (χ3n) is 4.80. The number of rotatable bonds is 6. The summed E-state index contributed by atoms with van der Waals surface area (Å²) in [5, 5.41) is 13.7. The summed E-state index contributed by atoms with van der Waals surface area (Å²) in [6, 6.07) is 11.8. The highest BCUT2D eigenvalue weighted by molar-refractivity contribution is 6.28.